The molecule has 110 valence electrons. The van der Waals surface area contributed by atoms with E-state index in [0.717, 1.165) is 24.7 Å². The molecular weight excluding hydrogens is 248 g/mol. The highest BCUT2D eigenvalue weighted by molar-refractivity contribution is 5.77. The average Bonchev–Trinajstić information content (AvgIpc) is 2.48. The van der Waals surface area contributed by atoms with E-state index in [9.17, 15) is 4.79 Å². The highest BCUT2D eigenvalue weighted by atomic mass is 16.2. The molecule has 3 heteroatoms. The number of nitrogens with two attached hydrogens (primary N) is 1. The maximum Gasteiger partial charge on any atom is 0.223 e. The van der Waals surface area contributed by atoms with Crippen LogP contribution in [0.15, 0.2) is 24.3 Å². The van der Waals surface area contributed by atoms with Crippen LogP contribution in [0.3, 0.4) is 0 Å². The Kier molecular flexibility index (Phi) is 5.05. The van der Waals surface area contributed by atoms with Crippen LogP contribution in [0.2, 0.25) is 0 Å². The van der Waals surface area contributed by atoms with Crippen molar-refractivity contribution < 1.29 is 4.79 Å². The number of nitrogens with zero attached hydrogens (tertiary/aromatic N) is 1. The highest BCUT2D eigenvalue weighted by Gasteiger charge is 2.23. The Morgan fingerprint density at radius 1 is 1.30 bits per heavy atom. The van der Waals surface area contributed by atoms with Crippen LogP contribution in [-0.2, 0) is 4.79 Å². The van der Waals surface area contributed by atoms with Gasteiger partial charge in [-0.1, -0.05) is 32.4 Å². The smallest absolute Gasteiger partial charge is 0.223 e. The molecule has 1 unspecified atom stereocenters. The molecule has 2 rings (SSSR count). The number of likely N-dealkylation sites (tertiary alicyclic amines) is 1. The molecule has 1 atom stereocenters. The number of anilines is 1. The van der Waals surface area contributed by atoms with E-state index < -0.39 is 0 Å². The summed E-state index contributed by atoms with van der Waals surface area (Å²) in [7, 11) is 0. The molecule has 1 heterocycles. The van der Waals surface area contributed by atoms with Gasteiger partial charge in [-0.15, -0.1) is 0 Å². The number of nitrogen functional groups attached to an aromatic ring is 1. The quantitative estimate of drug-likeness (QED) is 0.855. The molecule has 0 aromatic heterocycles. The van der Waals surface area contributed by atoms with Crippen LogP contribution in [0.1, 0.15) is 51.0 Å². The van der Waals surface area contributed by atoms with Gasteiger partial charge >= 0.3 is 0 Å². The molecule has 1 aromatic carbocycles. The molecule has 1 aliphatic heterocycles. The molecule has 1 aliphatic rings. The fourth-order valence-electron chi connectivity index (χ4n) is 2.92. The second kappa shape index (κ2) is 6.78. The Hall–Kier alpha value is -1.51. The summed E-state index contributed by atoms with van der Waals surface area (Å²) in [6.45, 7) is 6.23. The Balaban J connectivity index is 1.86. The zero-order valence-electron chi connectivity index (χ0n) is 12.6. The third-order valence-corrected chi connectivity index (χ3v) is 4.53. The van der Waals surface area contributed by atoms with Gasteiger partial charge in [0.2, 0.25) is 5.91 Å². The van der Waals surface area contributed by atoms with Gasteiger partial charge in [0.05, 0.1) is 0 Å². The van der Waals surface area contributed by atoms with Gasteiger partial charge in [0.1, 0.15) is 0 Å². The SMILES string of the molecule is CCC1CCN(C(=O)CC(C)c2ccc(N)cc2)CC1. The van der Waals surface area contributed by atoms with Crippen molar-refractivity contribution in [3.05, 3.63) is 29.8 Å². The molecule has 0 saturated carbocycles. The normalized spacial score (nSPS) is 18.0. The van der Waals surface area contributed by atoms with Crippen LogP contribution in [-0.4, -0.2) is 23.9 Å². The van der Waals surface area contributed by atoms with Gasteiger partial charge < -0.3 is 10.6 Å². The van der Waals surface area contributed by atoms with Gasteiger partial charge in [-0.05, 0) is 42.4 Å². The van der Waals surface area contributed by atoms with Gasteiger partial charge in [0.15, 0.2) is 0 Å². The van der Waals surface area contributed by atoms with Crippen molar-refractivity contribution in [1.29, 1.82) is 0 Å². The van der Waals surface area contributed by atoms with E-state index in [2.05, 4.69) is 13.8 Å². The lowest BCUT2D eigenvalue weighted by Gasteiger charge is -2.32. The fourth-order valence-corrected chi connectivity index (χ4v) is 2.92. The van der Waals surface area contributed by atoms with E-state index in [1.54, 1.807) is 0 Å². The number of amides is 1. The first-order chi connectivity index (χ1) is 9.60. The van der Waals surface area contributed by atoms with Crippen LogP contribution >= 0.6 is 0 Å². The summed E-state index contributed by atoms with van der Waals surface area (Å²) in [5.41, 5.74) is 7.66. The molecule has 0 aliphatic carbocycles. The summed E-state index contributed by atoms with van der Waals surface area (Å²) in [6, 6.07) is 7.86. The molecule has 1 aromatic rings. The molecule has 0 radical (unpaired) electrons. The summed E-state index contributed by atoms with van der Waals surface area (Å²) in [5, 5.41) is 0. The minimum atomic E-state index is 0.256. The predicted octanol–water partition coefficient (Wildman–Crippen LogP) is 3.41. The van der Waals surface area contributed by atoms with Crippen LogP contribution in [0.25, 0.3) is 0 Å². The second-order valence-corrected chi connectivity index (χ2v) is 6.00. The Morgan fingerprint density at radius 3 is 2.45 bits per heavy atom. The molecule has 3 nitrogen and oxygen atoms in total. The molecule has 0 spiro atoms. The van der Waals surface area contributed by atoms with Crippen molar-refractivity contribution in [3.63, 3.8) is 0 Å². The number of hydrogen-bond acceptors (Lipinski definition) is 2. The summed E-state index contributed by atoms with van der Waals surface area (Å²) in [4.78, 5) is 14.4. The molecule has 1 saturated heterocycles. The van der Waals surface area contributed by atoms with E-state index in [1.807, 2.05) is 29.2 Å². The van der Waals surface area contributed by atoms with Crippen molar-refractivity contribution in [2.24, 2.45) is 5.92 Å². The van der Waals surface area contributed by atoms with Crippen molar-refractivity contribution in [2.45, 2.75) is 45.4 Å². The summed E-state index contributed by atoms with van der Waals surface area (Å²) < 4.78 is 0. The van der Waals surface area contributed by atoms with Crippen LogP contribution in [0, 0.1) is 5.92 Å². The van der Waals surface area contributed by atoms with Crippen LogP contribution in [0.5, 0.6) is 0 Å². The van der Waals surface area contributed by atoms with Gasteiger partial charge in [0.25, 0.3) is 0 Å². The Bertz CT molecular complexity index is 433. The molecular formula is C17H26N2O. The lowest BCUT2D eigenvalue weighted by Crippen LogP contribution is -2.38. The maximum atomic E-state index is 12.3. The maximum absolute atomic E-state index is 12.3. The number of carbonyl (C=O) groups excluding carboxylic acids is 1. The lowest BCUT2D eigenvalue weighted by atomic mass is 9.93. The summed E-state index contributed by atoms with van der Waals surface area (Å²) in [6.07, 6.45) is 4.17. The summed E-state index contributed by atoms with van der Waals surface area (Å²) in [5.74, 6) is 1.37. The Morgan fingerprint density at radius 2 is 1.90 bits per heavy atom. The zero-order chi connectivity index (χ0) is 14.5. The van der Waals surface area contributed by atoms with Gasteiger partial charge in [-0.2, -0.15) is 0 Å². The minimum absolute atomic E-state index is 0.256. The van der Waals surface area contributed by atoms with Gasteiger partial charge in [-0.3, -0.25) is 4.79 Å². The molecule has 1 amide bonds. The number of benzene rings is 1. The highest BCUT2D eigenvalue weighted by Crippen LogP contribution is 2.24. The number of carbonyl (C=O) groups is 1. The number of piperidine rings is 1. The fraction of sp³-hybridized carbons (Fsp3) is 0.588. The van der Waals surface area contributed by atoms with Crippen molar-refractivity contribution in [3.8, 4) is 0 Å². The number of rotatable bonds is 4. The third kappa shape index (κ3) is 3.75. The first-order valence-electron chi connectivity index (χ1n) is 7.73. The average molecular weight is 274 g/mol. The lowest BCUT2D eigenvalue weighted by molar-refractivity contribution is -0.132. The topological polar surface area (TPSA) is 46.3 Å². The van der Waals surface area contributed by atoms with Gasteiger partial charge in [-0.25, -0.2) is 0 Å². The van der Waals surface area contributed by atoms with Crippen molar-refractivity contribution >= 4 is 11.6 Å². The van der Waals surface area contributed by atoms with Crippen molar-refractivity contribution in [1.82, 2.24) is 4.90 Å². The van der Waals surface area contributed by atoms with Crippen molar-refractivity contribution in [2.75, 3.05) is 18.8 Å². The van der Waals surface area contributed by atoms with Crippen LogP contribution < -0.4 is 5.73 Å². The standard InChI is InChI=1S/C17H26N2O/c1-3-14-8-10-19(11-9-14)17(20)12-13(2)15-4-6-16(18)7-5-15/h4-7,13-14H,3,8-12,18H2,1-2H3. The largest absolute Gasteiger partial charge is 0.399 e. The van der Waals surface area contributed by atoms with E-state index in [-0.39, 0.29) is 5.92 Å². The molecule has 2 N–H and O–H groups in total. The first kappa shape index (κ1) is 14.9. The first-order valence-corrected chi connectivity index (χ1v) is 7.73. The van der Waals surface area contributed by atoms with E-state index in [4.69, 9.17) is 5.73 Å². The van der Waals surface area contributed by atoms with Gasteiger partial charge in [0, 0.05) is 25.2 Å². The van der Waals surface area contributed by atoms with E-state index in [0.29, 0.717) is 12.3 Å². The monoisotopic (exact) mass is 274 g/mol. The predicted molar refractivity (Wildman–Crippen MR) is 83.5 cm³/mol. The van der Waals surface area contributed by atoms with E-state index >= 15 is 0 Å². The zero-order valence-corrected chi connectivity index (χ0v) is 12.6. The summed E-state index contributed by atoms with van der Waals surface area (Å²) >= 11 is 0. The second-order valence-electron chi connectivity index (χ2n) is 6.00. The molecule has 0 bridgehead atoms. The number of hydrogen-bond donors (Lipinski definition) is 1. The molecule has 1 fully saturated rings. The Labute approximate surface area is 122 Å². The third-order valence-electron chi connectivity index (χ3n) is 4.53. The molecule has 20 heavy (non-hydrogen) atoms. The van der Waals surface area contributed by atoms with Crippen LogP contribution in [0.4, 0.5) is 5.69 Å². The van der Waals surface area contributed by atoms with E-state index in [1.165, 1.54) is 24.8 Å². The minimum Gasteiger partial charge on any atom is -0.399 e.